The van der Waals surface area contributed by atoms with Crippen molar-refractivity contribution in [3.05, 3.63) is 81.6 Å². The number of aromatic hydroxyl groups is 1. The summed E-state index contributed by atoms with van der Waals surface area (Å²) in [7, 11) is 0. The lowest BCUT2D eigenvalue weighted by molar-refractivity contribution is -0.138. The summed E-state index contributed by atoms with van der Waals surface area (Å²) in [6, 6.07) is 16.1. The Morgan fingerprint density at radius 3 is 2.70 bits per heavy atom. The maximum Gasteiger partial charge on any atom is 0.337 e. The van der Waals surface area contributed by atoms with E-state index in [1.54, 1.807) is 25.1 Å². The Bertz CT molecular complexity index is 1200. The molecule has 30 heavy (non-hydrogen) atoms. The molecule has 0 amide bonds. The predicted octanol–water partition coefficient (Wildman–Crippen LogP) is 3.96. The van der Waals surface area contributed by atoms with Crippen molar-refractivity contribution < 1.29 is 14.6 Å². The standard InChI is InChI=1S/C22H20N4O3S/c1-2-29-21(28)16-15(13-9-6-10-14(27)11-13)17-19(23)25-22(30)26-20(17)24-18(16)12-7-4-3-5-8-12/h3-11,15,27H,2H2,1H3,(H4,23,24,25,26,30). The van der Waals surface area contributed by atoms with E-state index in [0.29, 0.717) is 34.0 Å². The first-order chi connectivity index (χ1) is 14.5. The van der Waals surface area contributed by atoms with Gasteiger partial charge >= 0.3 is 5.97 Å². The highest BCUT2D eigenvalue weighted by atomic mass is 32.1. The second-order valence-corrected chi connectivity index (χ2v) is 7.13. The van der Waals surface area contributed by atoms with Crippen LogP contribution in [0.2, 0.25) is 0 Å². The number of esters is 1. The molecule has 0 aliphatic carbocycles. The number of rotatable bonds is 4. The molecular weight excluding hydrogens is 400 g/mol. The summed E-state index contributed by atoms with van der Waals surface area (Å²) in [5, 5.41) is 13.3. The summed E-state index contributed by atoms with van der Waals surface area (Å²) in [6.07, 6.45) is 0. The van der Waals surface area contributed by atoms with Gasteiger partial charge in [0.05, 0.1) is 23.8 Å². The Morgan fingerprint density at radius 1 is 1.23 bits per heavy atom. The number of phenols is 1. The number of hydrogen-bond acceptors (Lipinski definition) is 7. The average molecular weight is 420 g/mol. The number of carbonyl (C=O) groups is 1. The molecule has 0 radical (unpaired) electrons. The molecule has 1 aromatic heterocycles. The van der Waals surface area contributed by atoms with Crippen LogP contribution in [0.1, 0.15) is 29.5 Å². The van der Waals surface area contributed by atoms with Gasteiger partial charge in [0.25, 0.3) is 0 Å². The molecule has 0 bridgehead atoms. The Morgan fingerprint density at radius 2 is 2.00 bits per heavy atom. The molecule has 2 heterocycles. The molecule has 1 atom stereocenters. The highest BCUT2D eigenvalue weighted by molar-refractivity contribution is 7.71. The summed E-state index contributed by atoms with van der Waals surface area (Å²) >= 11 is 5.20. The molecule has 1 unspecified atom stereocenters. The number of ether oxygens (including phenoxy) is 1. The molecule has 0 saturated heterocycles. The van der Waals surface area contributed by atoms with Gasteiger partial charge in [-0.2, -0.15) is 0 Å². The topological polar surface area (TPSA) is 113 Å². The van der Waals surface area contributed by atoms with Crippen molar-refractivity contribution in [2.45, 2.75) is 12.8 Å². The number of nitrogens with one attached hydrogen (secondary N) is 2. The third kappa shape index (κ3) is 3.53. The van der Waals surface area contributed by atoms with E-state index in [4.69, 9.17) is 22.7 Å². The summed E-state index contributed by atoms with van der Waals surface area (Å²) < 4.78 is 5.62. The zero-order valence-electron chi connectivity index (χ0n) is 16.2. The molecule has 3 aromatic rings. The minimum absolute atomic E-state index is 0.0763. The SMILES string of the molecule is CCOC(=O)C1=C(c2ccccc2)Nc2nc(=S)[nH]c(N)c2C1c1cccc(O)c1. The van der Waals surface area contributed by atoms with Gasteiger partial charge in [0.15, 0.2) is 4.77 Å². The van der Waals surface area contributed by atoms with Crippen LogP contribution in [0.5, 0.6) is 5.75 Å². The van der Waals surface area contributed by atoms with Gasteiger partial charge < -0.3 is 25.9 Å². The zero-order chi connectivity index (χ0) is 21.3. The van der Waals surface area contributed by atoms with E-state index < -0.39 is 11.9 Å². The smallest absolute Gasteiger partial charge is 0.337 e. The number of hydrogen-bond donors (Lipinski definition) is 4. The summed E-state index contributed by atoms with van der Waals surface area (Å²) in [6.45, 7) is 1.97. The fraction of sp³-hybridized carbons (Fsp3) is 0.136. The van der Waals surface area contributed by atoms with Gasteiger partial charge in [-0.25, -0.2) is 9.78 Å². The Labute approximate surface area is 178 Å². The maximum absolute atomic E-state index is 13.2. The molecule has 5 N–H and O–H groups in total. The molecule has 152 valence electrons. The molecule has 1 aliphatic heterocycles. The van der Waals surface area contributed by atoms with Crippen LogP contribution in [0.4, 0.5) is 11.6 Å². The van der Waals surface area contributed by atoms with E-state index in [1.807, 2.05) is 36.4 Å². The Kier molecular flexibility index (Phi) is 5.24. The fourth-order valence-corrected chi connectivity index (χ4v) is 3.86. The highest BCUT2D eigenvalue weighted by Crippen LogP contribution is 2.46. The van der Waals surface area contributed by atoms with E-state index >= 15 is 0 Å². The molecule has 0 saturated carbocycles. The molecule has 0 spiro atoms. The predicted molar refractivity (Wildman–Crippen MR) is 117 cm³/mol. The summed E-state index contributed by atoms with van der Waals surface area (Å²) in [5.41, 5.74) is 9.25. The van der Waals surface area contributed by atoms with Crippen LogP contribution < -0.4 is 11.1 Å². The minimum Gasteiger partial charge on any atom is -0.508 e. The van der Waals surface area contributed by atoms with Crippen molar-refractivity contribution in [2.75, 3.05) is 17.7 Å². The quantitative estimate of drug-likeness (QED) is 0.373. The number of fused-ring (bicyclic) bond motifs is 1. The van der Waals surface area contributed by atoms with Crippen molar-refractivity contribution in [3.8, 4) is 5.75 Å². The fourth-order valence-electron chi connectivity index (χ4n) is 3.66. The van der Waals surface area contributed by atoms with Crippen molar-refractivity contribution in [1.29, 1.82) is 0 Å². The Hall–Kier alpha value is -3.65. The molecule has 8 heteroatoms. The van der Waals surface area contributed by atoms with Crippen LogP contribution in [0.3, 0.4) is 0 Å². The lowest BCUT2D eigenvalue weighted by Gasteiger charge is -2.31. The number of aromatic amines is 1. The van der Waals surface area contributed by atoms with E-state index in [-0.39, 0.29) is 17.1 Å². The molecule has 2 aromatic carbocycles. The number of nitrogens with two attached hydrogens (primary N) is 1. The van der Waals surface area contributed by atoms with Crippen molar-refractivity contribution in [1.82, 2.24) is 9.97 Å². The molecule has 7 nitrogen and oxygen atoms in total. The third-order valence-corrected chi connectivity index (χ3v) is 5.05. The van der Waals surface area contributed by atoms with Gasteiger partial charge in [-0.1, -0.05) is 42.5 Å². The largest absolute Gasteiger partial charge is 0.508 e. The number of H-pyrrole nitrogens is 1. The summed E-state index contributed by atoms with van der Waals surface area (Å²) in [4.78, 5) is 20.4. The van der Waals surface area contributed by atoms with Crippen LogP contribution in [-0.2, 0) is 9.53 Å². The molecule has 0 fully saturated rings. The van der Waals surface area contributed by atoms with Crippen LogP contribution in [0.15, 0.2) is 60.2 Å². The second-order valence-electron chi connectivity index (χ2n) is 6.75. The number of carbonyl (C=O) groups excluding carboxylic acids is 1. The summed E-state index contributed by atoms with van der Waals surface area (Å²) in [5.74, 6) is -0.282. The van der Waals surface area contributed by atoms with Crippen molar-refractivity contribution in [2.24, 2.45) is 0 Å². The van der Waals surface area contributed by atoms with Crippen LogP contribution in [0.25, 0.3) is 5.70 Å². The van der Waals surface area contributed by atoms with Crippen LogP contribution >= 0.6 is 12.2 Å². The monoisotopic (exact) mass is 420 g/mol. The van der Waals surface area contributed by atoms with E-state index in [0.717, 1.165) is 5.56 Å². The van der Waals surface area contributed by atoms with E-state index in [9.17, 15) is 9.90 Å². The van der Waals surface area contributed by atoms with Crippen molar-refractivity contribution in [3.63, 3.8) is 0 Å². The molecule has 4 rings (SSSR count). The van der Waals surface area contributed by atoms with Crippen LogP contribution in [0, 0.1) is 4.77 Å². The first-order valence-corrected chi connectivity index (χ1v) is 9.82. The number of nitrogen functional groups attached to an aromatic ring is 1. The number of phenolic OH excluding ortho intramolecular Hbond substituents is 1. The van der Waals surface area contributed by atoms with Crippen LogP contribution in [-0.4, -0.2) is 27.7 Å². The first kappa shape index (κ1) is 19.7. The van der Waals surface area contributed by atoms with Gasteiger partial charge in [-0.05, 0) is 42.4 Å². The number of aromatic nitrogens is 2. The normalized spacial score (nSPS) is 15.3. The number of nitrogens with zero attached hydrogens (tertiary/aromatic N) is 1. The van der Waals surface area contributed by atoms with Crippen molar-refractivity contribution >= 4 is 35.5 Å². The first-order valence-electron chi connectivity index (χ1n) is 9.42. The van der Waals surface area contributed by atoms with E-state index in [1.165, 1.54) is 0 Å². The van der Waals surface area contributed by atoms with Gasteiger partial charge in [0.2, 0.25) is 0 Å². The zero-order valence-corrected chi connectivity index (χ0v) is 17.0. The number of benzene rings is 2. The lowest BCUT2D eigenvalue weighted by atomic mass is 9.80. The Balaban J connectivity index is 2.06. The van der Waals surface area contributed by atoms with E-state index in [2.05, 4.69) is 15.3 Å². The lowest BCUT2D eigenvalue weighted by Crippen LogP contribution is -2.27. The molecule has 1 aliphatic rings. The maximum atomic E-state index is 13.2. The van der Waals surface area contributed by atoms with Gasteiger partial charge in [0.1, 0.15) is 17.4 Å². The third-order valence-electron chi connectivity index (χ3n) is 4.85. The average Bonchev–Trinajstić information content (AvgIpc) is 2.73. The van der Waals surface area contributed by atoms with Gasteiger partial charge in [0, 0.05) is 5.56 Å². The molecular formula is C22H20N4O3S. The van der Waals surface area contributed by atoms with Gasteiger partial charge in [-0.15, -0.1) is 0 Å². The minimum atomic E-state index is -0.623. The highest BCUT2D eigenvalue weighted by Gasteiger charge is 2.37. The second kappa shape index (κ2) is 8.00. The number of anilines is 2. The van der Waals surface area contributed by atoms with Gasteiger partial charge in [-0.3, -0.25) is 0 Å².